The molecule has 2 N–H and O–H groups in total. The highest BCUT2D eigenvalue weighted by Gasteiger charge is 2.16. The van der Waals surface area contributed by atoms with E-state index in [4.69, 9.17) is 0 Å². The molecule has 0 aliphatic rings. The molecule has 0 fully saturated rings. The number of rotatable bonds is 4. The number of amides is 1. The third-order valence-electron chi connectivity index (χ3n) is 3.05. The van der Waals surface area contributed by atoms with Crippen LogP contribution in [0.4, 0.5) is 15.8 Å². The molecule has 2 rings (SSSR count). The first-order valence-electron chi connectivity index (χ1n) is 6.63. The number of halogens is 2. The van der Waals surface area contributed by atoms with Crippen LogP contribution in [0.3, 0.4) is 0 Å². The fourth-order valence-electron chi connectivity index (χ4n) is 2.00. The second-order valence-electron chi connectivity index (χ2n) is 4.58. The molecule has 0 heterocycles. The summed E-state index contributed by atoms with van der Waals surface area (Å²) in [7, 11) is 0. The van der Waals surface area contributed by atoms with Crippen molar-refractivity contribution in [2.75, 3.05) is 17.2 Å². The van der Waals surface area contributed by atoms with Gasteiger partial charge < -0.3 is 10.6 Å². The van der Waals surface area contributed by atoms with Crippen molar-refractivity contribution < 1.29 is 9.18 Å². The molecule has 1 amide bonds. The number of benzene rings is 2. The van der Waals surface area contributed by atoms with Gasteiger partial charge in [-0.1, -0.05) is 18.2 Å². The number of hydrogen-bond acceptors (Lipinski definition) is 2. The van der Waals surface area contributed by atoms with Crippen molar-refractivity contribution in [2.24, 2.45) is 0 Å². The molecule has 5 heteroatoms. The number of nitrogens with one attached hydrogen (secondary N) is 2. The highest BCUT2D eigenvalue weighted by molar-refractivity contribution is 9.10. The number of carbonyl (C=O) groups is 1. The molecule has 110 valence electrons. The summed E-state index contributed by atoms with van der Waals surface area (Å²) in [6.07, 6.45) is 0. The molecule has 21 heavy (non-hydrogen) atoms. The van der Waals surface area contributed by atoms with E-state index in [0.29, 0.717) is 12.2 Å². The first-order valence-corrected chi connectivity index (χ1v) is 7.42. The Morgan fingerprint density at radius 3 is 2.67 bits per heavy atom. The number of para-hydroxylation sites is 1. The molecular formula is C16H16BrFN2O. The Kier molecular flexibility index (Phi) is 4.96. The monoisotopic (exact) mass is 350 g/mol. The van der Waals surface area contributed by atoms with Gasteiger partial charge >= 0.3 is 0 Å². The van der Waals surface area contributed by atoms with E-state index in [2.05, 4.69) is 26.6 Å². The fraction of sp³-hybridized carbons (Fsp3) is 0.188. The normalized spacial score (nSPS) is 10.3. The molecule has 0 aliphatic heterocycles. The topological polar surface area (TPSA) is 41.1 Å². The summed E-state index contributed by atoms with van der Waals surface area (Å²) in [5, 5.41) is 5.69. The second kappa shape index (κ2) is 6.72. The third kappa shape index (κ3) is 3.42. The molecule has 0 saturated heterocycles. The van der Waals surface area contributed by atoms with Crippen molar-refractivity contribution in [1.29, 1.82) is 0 Å². The lowest BCUT2D eigenvalue weighted by molar-refractivity contribution is 0.102. The van der Waals surface area contributed by atoms with Crippen LogP contribution in [0.25, 0.3) is 0 Å². The number of anilines is 2. The van der Waals surface area contributed by atoms with E-state index in [-0.39, 0.29) is 17.2 Å². The van der Waals surface area contributed by atoms with Crippen LogP contribution in [-0.2, 0) is 0 Å². The quantitative estimate of drug-likeness (QED) is 0.847. The van der Waals surface area contributed by atoms with Crippen molar-refractivity contribution >= 4 is 33.2 Å². The van der Waals surface area contributed by atoms with Gasteiger partial charge in [-0.2, -0.15) is 0 Å². The molecule has 0 radical (unpaired) electrons. The van der Waals surface area contributed by atoms with Gasteiger partial charge in [0.05, 0.1) is 16.9 Å². The zero-order valence-electron chi connectivity index (χ0n) is 11.8. The van der Waals surface area contributed by atoms with Gasteiger partial charge in [-0.25, -0.2) is 4.39 Å². The highest BCUT2D eigenvalue weighted by Crippen LogP contribution is 2.27. The lowest BCUT2D eigenvalue weighted by Crippen LogP contribution is -2.16. The molecule has 2 aromatic rings. The first-order chi connectivity index (χ1) is 10.0. The predicted molar refractivity (Wildman–Crippen MR) is 87.4 cm³/mol. The van der Waals surface area contributed by atoms with Crippen molar-refractivity contribution in [3.05, 3.63) is 57.8 Å². The van der Waals surface area contributed by atoms with Gasteiger partial charge in [0.25, 0.3) is 5.91 Å². The van der Waals surface area contributed by atoms with Crippen LogP contribution in [0.1, 0.15) is 22.8 Å². The van der Waals surface area contributed by atoms with E-state index in [1.807, 2.05) is 26.0 Å². The summed E-state index contributed by atoms with van der Waals surface area (Å²) >= 11 is 3.44. The van der Waals surface area contributed by atoms with Gasteiger partial charge in [-0.3, -0.25) is 4.79 Å². The van der Waals surface area contributed by atoms with Crippen molar-refractivity contribution in [1.82, 2.24) is 0 Å². The predicted octanol–water partition coefficient (Wildman–Crippen LogP) is 4.58. The van der Waals surface area contributed by atoms with Crippen molar-refractivity contribution in [3.63, 3.8) is 0 Å². The van der Waals surface area contributed by atoms with Crippen LogP contribution >= 0.6 is 15.9 Å². The molecule has 3 nitrogen and oxygen atoms in total. The van der Waals surface area contributed by atoms with Gasteiger partial charge in [0.2, 0.25) is 0 Å². The number of aryl methyl sites for hydroxylation is 1. The first kappa shape index (κ1) is 15.5. The average Bonchev–Trinajstić information content (AvgIpc) is 2.46. The van der Waals surface area contributed by atoms with E-state index in [9.17, 15) is 9.18 Å². The molecule has 0 atom stereocenters. The van der Waals surface area contributed by atoms with Crippen LogP contribution in [0.2, 0.25) is 0 Å². The number of carbonyl (C=O) groups excluding carboxylic acids is 1. The summed E-state index contributed by atoms with van der Waals surface area (Å²) in [6.45, 7) is 4.33. The Balaban J connectivity index is 2.33. The summed E-state index contributed by atoms with van der Waals surface area (Å²) < 4.78 is 14.6. The van der Waals surface area contributed by atoms with Gasteiger partial charge in [0, 0.05) is 11.0 Å². The Morgan fingerprint density at radius 2 is 1.95 bits per heavy atom. The standard InChI is InChI=1S/C16H16BrFN2O/c1-3-19-15-11(7-5-8-12(15)18)16(21)20-13-9-4-6-10(2)14(13)17/h4-9,19H,3H2,1-2H3,(H,20,21). The fourth-order valence-corrected chi connectivity index (χ4v) is 2.37. The van der Waals surface area contributed by atoms with Gasteiger partial charge in [-0.05, 0) is 53.5 Å². The van der Waals surface area contributed by atoms with Crippen molar-refractivity contribution in [2.45, 2.75) is 13.8 Å². The Labute approximate surface area is 131 Å². The maximum atomic E-state index is 13.8. The minimum Gasteiger partial charge on any atom is -0.382 e. The van der Waals surface area contributed by atoms with Gasteiger partial charge in [-0.15, -0.1) is 0 Å². The van der Waals surface area contributed by atoms with Gasteiger partial charge in [0.15, 0.2) is 0 Å². The Bertz CT molecular complexity index is 673. The Morgan fingerprint density at radius 1 is 1.24 bits per heavy atom. The van der Waals surface area contributed by atoms with Crippen LogP contribution in [-0.4, -0.2) is 12.5 Å². The van der Waals surface area contributed by atoms with E-state index >= 15 is 0 Å². The molecule has 0 bridgehead atoms. The molecule has 0 aromatic heterocycles. The molecule has 2 aromatic carbocycles. The van der Waals surface area contributed by atoms with E-state index in [0.717, 1.165) is 10.0 Å². The Hall–Kier alpha value is -1.88. The lowest BCUT2D eigenvalue weighted by Gasteiger charge is -2.13. The number of hydrogen-bond donors (Lipinski definition) is 2. The summed E-state index contributed by atoms with van der Waals surface area (Å²) in [5.41, 5.74) is 2.18. The molecule has 0 unspecified atom stereocenters. The lowest BCUT2D eigenvalue weighted by atomic mass is 10.1. The summed E-state index contributed by atoms with van der Waals surface area (Å²) in [4.78, 5) is 12.4. The SMILES string of the molecule is CCNc1c(F)cccc1C(=O)Nc1cccc(C)c1Br. The molecule has 0 aliphatic carbocycles. The van der Waals surface area contributed by atoms with Crippen LogP contribution in [0.15, 0.2) is 40.9 Å². The zero-order chi connectivity index (χ0) is 15.4. The highest BCUT2D eigenvalue weighted by atomic mass is 79.9. The van der Waals surface area contributed by atoms with E-state index < -0.39 is 5.82 Å². The largest absolute Gasteiger partial charge is 0.382 e. The maximum Gasteiger partial charge on any atom is 0.257 e. The molecule has 0 saturated carbocycles. The molecular weight excluding hydrogens is 335 g/mol. The van der Waals surface area contributed by atoms with Crippen LogP contribution in [0, 0.1) is 12.7 Å². The van der Waals surface area contributed by atoms with Crippen LogP contribution in [0.5, 0.6) is 0 Å². The van der Waals surface area contributed by atoms with E-state index in [1.54, 1.807) is 12.1 Å². The summed E-state index contributed by atoms with van der Waals surface area (Å²) in [6, 6.07) is 10.0. The third-order valence-corrected chi connectivity index (χ3v) is 4.10. The zero-order valence-corrected chi connectivity index (χ0v) is 13.4. The minimum atomic E-state index is -0.437. The molecule has 0 spiro atoms. The van der Waals surface area contributed by atoms with Gasteiger partial charge in [0.1, 0.15) is 5.82 Å². The van der Waals surface area contributed by atoms with E-state index in [1.165, 1.54) is 12.1 Å². The summed E-state index contributed by atoms with van der Waals surface area (Å²) in [5.74, 6) is -0.787. The maximum absolute atomic E-state index is 13.8. The van der Waals surface area contributed by atoms with Crippen molar-refractivity contribution in [3.8, 4) is 0 Å². The smallest absolute Gasteiger partial charge is 0.257 e. The average molecular weight is 351 g/mol. The second-order valence-corrected chi connectivity index (χ2v) is 5.38. The minimum absolute atomic E-state index is 0.223. The van der Waals surface area contributed by atoms with Crippen LogP contribution < -0.4 is 10.6 Å².